The lowest BCUT2D eigenvalue weighted by Crippen LogP contribution is -2.48. The van der Waals surface area contributed by atoms with Crippen molar-refractivity contribution in [2.45, 2.75) is 18.9 Å². The van der Waals surface area contributed by atoms with Crippen molar-refractivity contribution in [1.82, 2.24) is 10.5 Å². The van der Waals surface area contributed by atoms with Crippen molar-refractivity contribution in [3.8, 4) is 17.2 Å². The van der Waals surface area contributed by atoms with Crippen LogP contribution < -0.4 is 20.0 Å². The zero-order valence-electron chi connectivity index (χ0n) is 18.0. The maximum atomic E-state index is 13.1. The van der Waals surface area contributed by atoms with Crippen LogP contribution in [-0.4, -0.2) is 53.4 Å². The predicted octanol–water partition coefficient (Wildman–Crippen LogP) is 1.36. The van der Waals surface area contributed by atoms with Crippen molar-refractivity contribution in [1.29, 1.82) is 0 Å². The highest BCUT2D eigenvalue weighted by Crippen LogP contribution is 2.33. The zero-order chi connectivity index (χ0) is 22.2. The van der Waals surface area contributed by atoms with Gasteiger partial charge in [0, 0.05) is 13.5 Å². The van der Waals surface area contributed by atoms with Crippen LogP contribution in [0.2, 0.25) is 0 Å². The van der Waals surface area contributed by atoms with Gasteiger partial charge in [0.1, 0.15) is 11.8 Å². The largest absolute Gasteiger partial charge is 0.493 e. The lowest BCUT2D eigenvalue weighted by Gasteiger charge is -2.23. The molecule has 8 nitrogen and oxygen atoms in total. The van der Waals surface area contributed by atoms with Crippen LogP contribution in [0.15, 0.2) is 42.5 Å². The van der Waals surface area contributed by atoms with E-state index < -0.39 is 17.9 Å². The number of amides is 1. The Morgan fingerprint density at radius 1 is 1.13 bits per heavy atom. The first-order chi connectivity index (χ1) is 15.0. The van der Waals surface area contributed by atoms with Gasteiger partial charge in [-0.3, -0.25) is 4.79 Å². The van der Waals surface area contributed by atoms with E-state index in [1.54, 1.807) is 26.4 Å². The van der Waals surface area contributed by atoms with Gasteiger partial charge in [-0.2, -0.15) is 0 Å². The third-order valence-electron chi connectivity index (χ3n) is 5.11. The number of carbonyl (C=O) groups is 2. The number of ether oxygens (including phenoxy) is 3. The Morgan fingerprint density at radius 3 is 2.55 bits per heavy atom. The van der Waals surface area contributed by atoms with E-state index in [0.717, 1.165) is 11.1 Å². The Balaban J connectivity index is 1.97. The fourth-order valence-corrected chi connectivity index (χ4v) is 3.49. The second kappa shape index (κ2) is 10.8. The quantitative estimate of drug-likeness (QED) is 0.409. The summed E-state index contributed by atoms with van der Waals surface area (Å²) in [7, 11) is 4.78. The fraction of sp³-hybridized carbons (Fsp3) is 0.364. The molecule has 0 aromatic heterocycles. The summed E-state index contributed by atoms with van der Waals surface area (Å²) in [5, 5.41) is 5.96. The number of carbonyl (C=O) groups excluding carboxylic acids is 2. The predicted molar refractivity (Wildman–Crippen MR) is 117 cm³/mol. The molecule has 1 amide bonds. The van der Waals surface area contributed by atoms with Crippen LogP contribution in [0.25, 0.3) is 0 Å². The SMILES string of the molecule is COBNC[C@H]1Cc2ccc(cc2)Oc2cc(ccc2OC)C[C@@H](C(=O)OC)NC1=O. The second-order valence-corrected chi connectivity index (χ2v) is 7.31. The summed E-state index contributed by atoms with van der Waals surface area (Å²) in [6.07, 6.45) is 0.750. The van der Waals surface area contributed by atoms with E-state index in [2.05, 4.69) is 10.5 Å². The van der Waals surface area contributed by atoms with Gasteiger partial charge in [-0.25, -0.2) is 4.79 Å². The third-order valence-corrected chi connectivity index (χ3v) is 5.11. The molecule has 0 fully saturated rings. The number of nitrogens with one attached hydrogen (secondary N) is 2. The molecule has 2 N–H and O–H groups in total. The van der Waals surface area contributed by atoms with Gasteiger partial charge in [0.05, 0.1) is 20.1 Å². The van der Waals surface area contributed by atoms with Gasteiger partial charge in [-0.1, -0.05) is 18.2 Å². The lowest BCUT2D eigenvalue weighted by molar-refractivity contribution is -0.145. The molecular weight excluding hydrogens is 399 g/mol. The number of esters is 1. The Morgan fingerprint density at radius 2 is 1.87 bits per heavy atom. The molecule has 2 aliphatic rings. The average molecular weight is 426 g/mol. The van der Waals surface area contributed by atoms with E-state index in [-0.39, 0.29) is 12.3 Å². The Hall–Kier alpha value is -3.04. The second-order valence-electron chi connectivity index (χ2n) is 7.31. The highest BCUT2D eigenvalue weighted by atomic mass is 16.5. The van der Waals surface area contributed by atoms with Gasteiger partial charge in [-0.15, -0.1) is 0 Å². The van der Waals surface area contributed by atoms with Gasteiger partial charge < -0.3 is 29.4 Å². The topological polar surface area (TPSA) is 95.1 Å². The molecule has 9 heteroatoms. The first-order valence-corrected chi connectivity index (χ1v) is 10.1. The highest BCUT2D eigenvalue weighted by molar-refractivity contribution is 6.23. The van der Waals surface area contributed by atoms with Crippen molar-refractivity contribution in [3.63, 3.8) is 0 Å². The molecule has 2 aliphatic heterocycles. The molecular formula is C22H27BN2O6. The van der Waals surface area contributed by atoms with E-state index in [0.29, 0.717) is 37.8 Å². The number of rotatable bonds is 6. The number of benzene rings is 2. The van der Waals surface area contributed by atoms with Crippen LogP contribution in [0.4, 0.5) is 0 Å². The molecule has 4 rings (SSSR count). The molecule has 4 bridgehead atoms. The molecule has 164 valence electrons. The highest BCUT2D eigenvalue weighted by Gasteiger charge is 2.27. The summed E-state index contributed by atoms with van der Waals surface area (Å²) in [6.45, 7) is 0.401. The Bertz CT molecular complexity index is 905. The summed E-state index contributed by atoms with van der Waals surface area (Å²) >= 11 is 0. The van der Waals surface area contributed by atoms with E-state index in [1.165, 1.54) is 7.11 Å². The standard InChI is InChI=1S/C22H27BN2O6/c1-28-19-9-6-15-11-18(22(27)29-2)25-21(26)16(13-24-23-30-3)10-14-4-7-17(8-5-14)31-20(19)12-15/h4-9,12,16,18,23-24H,10-11,13H2,1-3H3,(H,25,26)/t16-,18+/m1/s1. The lowest BCUT2D eigenvalue weighted by atomic mass is 9.96. The Kier molecular flexibility index (Phi) is 7.91. The summed E-state index contributed by atoms with van der Waals surface area (Å²) in [5.74, 6) is 0.614. The van der Waals surface area contributed by atoms with E-state index in [9.17, 15) is 9.59 Å². The number of hydrogen-bond donors (Lipinski definition) is 2. The van der Waals surface area contributed by atoms with E-state index in [1.807, 2.05) is 30.3 Å². The fourth-order valence-electron chi connectivity index (χ4n) is 3.49. The molecule has 0 spiro atoms. The molecule has 2 aromatic carbocycles. The summed E-state index contributed by atoms with van der Waals surface area (Å²) in [6, 6.07) is 12.2. The molecule has 0 unspecified atom stereocenters. The van der Waals surface area contributed by atoms with Crippen LogP contribution in [0, 0.1) is 5.92 Å². The van der Waals surface area contributed by atoms with E-state index >= 15 is 0 Å². The first-order valence-electron chi connectivity index (χ1n) is 10.1. The smallest absolute Gasteiger partial charge is 0.360 e. The summed E-state index contributed by atoms with van der Waals surface area (Å²) in [4.78, 5) is 25.5. The van der Waals surface area contributed by atoms with Crippen LogP contribution >= 0.6 is 0 Å². The molecule has 0 aliphatic carbocycles. The molecule has 2 aromatic rings. The maximum Gasteiger partial charge on any atom is 0.360 e. The third kappa shape index (κ3) is 5.99. The molecule has 0 radical (unpaired) electrons. The monoisotopic (exact) mass is 426 g/mol. The maximum absolute atomic E-state index is 13.1. The molecule has 31 heavy (non-hydrogen) atoms. The number of fused-ring (bicyclic) bond motifs is 7. The molecule has 2 atom stereocenters. The minimum absolute atomic E-state index is 0.231. The van der Waals surface area contributed by atoms with Crippen LogP contribution in [0.5, 0.6) is 17.2 Å². The van der Waals surface area contributed by atoms with Crippen LogP contribution in [0.3, 0.4) is 0 Å². The van der Waals surface area contributed by atoms with Crippen molar-refractivity contribution >= 4 is 19.5 Å². The Labute approximate surface area is 182 Å². The van der Waals surface area contributed by atoms with E-state index in [4.69, 9.17) is 18.9 Å². The van der Waals surface area contributed by atoms with Gasteiger partial charge in [0.15, 0.2) is 11.5 Å². The number of hydrogen-bond acceptors (Lipinski definition) is 7. The van der Waals surface area contributed by atoms with Crippen molar-refractivity contribution < 1.29 is 28.5 Å². The average Bonchev–Trinajstić information content (AvgIpc) is 2.78. The van der Waals surface area contributed by atoms with Crippen molar-refractivity contribution in [2.75, 3.05) is 27.9 Å². The van der Waals surface area contributed by atoms with Crippen molar-refractivity contribution in [2.24, 2.45) is 5.92 Å². The number of methoxy groups -OCH3 is 2. The molecule has 0 saturated carbocycles. The minimum atomic E-state index is -0.826. The minimum Gasteiger partial charge on any atom is -0.493 e. The first kappa shape index (κ1) is 22.6. The zero-order valence-corrected chi connectivity index (χ0v) is 18.0. The van der Waals surface area contributed by atoms with Crippen molar-refractivity contribution in [3.05, 3.63) is 53.6 Å². The van der Waals surface area contributed by atoms with Crippen LogP contribution in [0.1, 0.15) is 11.1 Å². The normalized spacial score (nSPS) is 18.4. The van der Waals surface area contributed by atoms with Gasteiger partial charge in [0.25, 0.3) is 0 Å². The van der Waals surface area contributed by atoms with Gasteiger partial charge in [-0.05, 0) is 48.4 Å². The summed E-state index contributed by atoms with van der Waals surface area (Å²) < 4.78 is 21.4. The van der Waals surface area contributed by atoms with Gasteiger partial charge >= 0.3 is 13.6 Å². The summed E-state index contributed by atoms with van der Waals surface area (Å²) in [5.41, 5.74) is 1.77. The van der Waals surface area contributed by atoms with Crippen LogP contribution in [-0.2, 0) is 31.8 Å². The van der Waals surface area contributed by atoms with Gasteiger partial charge in [0.2, 0.25) is 5.91 Å². The molecule has 2 heterocycles. The molecule has 0 saturated heterocycles.